The van der Waals surface area contributed by atoms with Crippen LogP contribution in [0.4, 0.5) is 10.1 Å². The molecule has 0 saturated carbocycles. The smallest absolute Gasteiger partial charge is 0.336 e. The Morgan fingerprint density at radius 3 is 2.69 bits per heavy atom. The van der Waals surface area contributed by atoms with Crippen LogP contribution in [-0.4, -0.2) is 4.92 Å². The van der Waals surface area contributed by atoms with Crippen molar-refractivity contribution in [1.29, 1.82) is 0 Å². The van der Waals surface area contributed by atoms with Crippen LogP contribution in [0.3, 0.4) is 0 Å². The number of rotatable bonds is 1. The van der Waals surface area contributed by atoms with Gasteiger partial charge in [0.2, 0.25) is 5.82 Å². The second-order valence-electron chi connectivity index (χ2n) is 3.31. The molecule has 0 saturated heterocycles. The zero-order chi connectivity index (χ0) is 11.9. The third-order valence-electron chi connectivity index (χ3n) is 2.22. The third-order valence-corrected chi connectivity index (χ3v) is 2.22. The van der Waals surface area contributed by atoms with Gasteiger partial charge in [0.25, 0.3) is 0 Å². The number of hydrogen-bond acceptors (Lipinski definition) is 4. The first kappa shape index (κ1) is 10.3. The molecule has 2 aromatic rings. The fourth-order valence-electron chi connectivity index (χ4n) is 1.47. The maximum absolute atomic E-state index is 13.2. The van der Waals surface area contributed by atoms with Gasteiger partial charge in [-0.15, -0.1) is 0 Å². The van der Waals surface area contributed by atoms with Gasteiger partial charge < -0.3 is 4.42 Å². The molecule has 0 unspecified atom stereocenters. The SMILES string of the molecule is Cc1cc(=O)oc2cc(F)c([N+](=O)[O-])cc12. The van der Waals surface area contributed by atoms with Crippen LogP contribution in [-0.2, 0) is 0 Å². The van der Waals surface area contributed by atoms with E-state index in [-0.39, 0.29) is 5.58 Å². The highest BCUT2D eigenvalue weighted by molar-refractivity contribution is 5.82. The minimum atomic E-state index is -1.02. The topological polar surface area (TPSA) is 73.3 Å². The Balaban J connectivity index is 2.90. The van der Waals surface area contributed by atoms with Gasteiger partial charge in [-0.3, -0.25) is 10.1 Å². The van der Waals surface area contributed by atoms with Crippen molar-refractivity contribution in [3.05, 3.63) is 50.1 Å². The van der Waals surface area contributed by atoms with Gasteiger partial charge in [-0.2, -0.15) is 4.39 Å². The minimum absolute atomic E-state index is 0.00750. The fraction of sp³-hybridized carbons (Fsp3) is 0.100. The Kier molecular flexibility index (Phi) is 2.19. The Labute approximate surface area is 88.3 Å². The van der Waals surface area contributed by atoms with Crippen LogP contribution < -0.4 is 5.63 Å². The first-order valence-electron chi connectivity index (χ1n) is 4.37. The Hall–Kier alpha value is -2.24. The molecule has 16 heavy (non-hydrogen) atoms. The molecule has 0 N–H and O–H groups in total. The van der Waals surface area contributed by atoms with Crippen molar-refractivity contribution >= 4 is 16.7 Å². The summed E-state index contributed by atoms with van der Waals surface area (Å²) in [4.78, 5) is 20.7. The maximum Gasteiger partial charge on any atom is 0.336 e. The summed E-state index contributed by atoms with van der Waals surface area (Å²) >= 11 is 0. The number of aryl methyl sites for hydroxylation is 1. The van der Waals surface area contributed by atoms with Gasteiger partial charge in [-0.25, -0.2) is 4.79 Å². The molecular weight excluding hydrogens is 217 g/mol. The summed E-state index contributed by atoms with van der Waals surface area (Å²) in [6, 6.07) is 3.11. The number of hydrogen-bond donors (Lipinski definition) is 0. The zero-order valence-corrected chi connectivity index (χ0v) is 8.19. The first-order valence-corrected chi connectivity index (χ1v) is 4.37. The second kappa shape index (κ2) is 3.41. The van der Waals surface area contributed by atoms with Gasteiger partial charge in [0.1, 0.15) is 5.58 Å². The number of fused-ring (bicyclic) bond motifs is 1. The van der Waals surface area contributed by atoms with Crippen molar-refractivity contribution in [3.8, 4) is 0 Å². The molecule has 82 valence electrons. The van der Waals surface area contributed by atoms with E-state index in [9.17, 15) is 19.3 Å². The van der Waals surface area contributed by atoms with Crippen LogP contribution in [0.15, 0.2) is 27.4 Å². The van der Waals surface area contributed by atoms with Crippen molar-refractivity contribution in [1.82, 2.24) is 0 Å². The zero-order valence-electron chi connectivity index (χ0n) is 8.19. The average molecular weight is 223 g/mol. The summed E-state index contributed by atoms with van der Waals surface area (Å²) in [6.07, 6.45) is 0. The summed E-state index contributed by atoms with van der Waals surface area (Å²) in [5, 5.41) is 10.9. The van der Waals surface area contributed by atoms with Crippen LogP contribution in [0, 0.1) is 22.9 Å². The number of nitro groups is 1. The molecular formula is C10H6FNO4. The Bertz CT molecular complexity index is 647. The summed E-state index contributed by atoms with van der Waals surface area (Å²) in [6.45, 7) is 1.60. The van der Waals surface area contributed by atoms with Crippen molar-refractivity contribution in [2.24, 2.45) is 0 Å². The van der Waals surface area contributed by atoms with E-state index in [4.69, 9.17) is 4.42 Å². The van der Waals surface area contributed by atoms with E-state index >= 15 is 0 Å². The monoisotopic (exact) mass is 223 g/mol. The molecule has 0 bridgehead atoms. The Morgan fingerprint density at radius 1 is 1.38 bits per heavy atom. The van der Waals surface area contributed by atoms with E-state index in [0.717, 1.165) is 12.1 Å². The van der Waals surface area contributed by atoms with Crippen molar-refractivity contribution in [3.63, 3.8) is 0 Å². The highest BCUT2D eigenvalue weighted by Crippen LogP contribution is 2.25. The van der Waals surface area contributed by atoms with E-state index in [1.54, 1.807) is 6.92 Å². The summed E-state index contributed by atoms with van der Waals surface area (Å²) in [5.41, 5.74) is -0.731. The summed E-state index contributed by atoms with van der Waals surface area (Å²) in [7, 11) is 0. The van der Waals surface area contributed by atoms with E-state index in [1.165, 1.54) is 6.07 Å². The highest BCUT2D eigenvalue weighted by Gasteiger charge is 2.17. The molecule has 2 rings (SSSR count). The van der Waals surface area contributed by atoms with Gasteiger partial charge >= 0.3 is 11.3 Å². The van der Waals surface area contributed by atoms with Gasteiger partial charge in [0, 0.05) is 23.6 Å². The van der Waals surface area contributed by atoms with Gasteiger partial charge in [-0.1, -0.05) is 0 Å². The number of nitro benzene ring substituents is 1. The normalized spacial score (nSPS) is 10.6. The second-order valence-corrected chi connectivity index (χ2v) is 3.31. The number of nitrogens with zero attached hydrogens (tertiary/aromatic N) is 1. The largest absolute Gasteiger partial charge is 0.423 e. The van der Waals surface area contributed by atoms with Crippen LogP contribution in [0.5, 0.6) is 0 Å². The van der Waals surface area contributed by atoms with Crippen LogP contribution in [0.1, 0.15) is 5.56 Å². The lowest BCUT2D eigenvalue weighted by Gasteiger charge is -2.00. The van der Waals surface area contributed by atoms with Crippen LogP contribution in [0.2, 0.25) is 0 Å². The average Bonchev–Trinajstić information content (AvgIpc) is 2.15. The third kappa shape index (κ3) is 1.54. The van der Waals surface area contributed by atoms with Gasteiger partial charge in [-0.05, 0) is 12.5 Å². The molecule has 0 fully saturated rings. The van der Waals surface area contributed by atoms with E-state index in [0.29, 0.717) is 10.9 Å². The number of halogens is 1. The lowest BCUT2D eigenvalue weighted by atomic mass is 10.1. The molecule has 5 nitrogen and oxygen atoms in total. The molecule has 0 radical (unpaired) electrons. The van der Waals surface area contributed by atoms with Crippen molar-refractivity contribution in [2.45, 2.75) is 6.92 Å². The lowest BCUT2D eigenvalue weighted by molar-refractivity contribution is -0.387. The number of benzene rings is 1. The van der Waals surface area contributed by atoms with Gasteiger partial charge in [0.05, 0.1) is 4.92 Å². The van der Waals surface area contributed by atoms with E-state index < -0.39 is 22.1 Å². The molecule has 0 amide bonds. The highest BCUT2D eigenvalue weighted by atomic mass is 19.1. The minimum Gasteiger partial charge on any atom is -0.423 e. The summed E-state index contributed by atoms with van der Waals surface area (Å²) in [5.74, 6) is -1.02. The molecule has 1 aromatic heterocycles. The van der Waals surface area contributed by atoms with Crippen molar-refractivity contribution in [2.75, 3.05) is 0 Å². The molecule has 0 spiro atoms. The molecule has 1 aromatic carbocycles. The molecule has 0 aliphatic heterocycles. The fourth-order valence-corrected chi connectivity index (χ4v) is 1.47. The van der Waals surface area contributed by atoms with Gasteiger partial charge in [0.15, 0.2) is 0 Å². The van der Waals surface area contributed by atoms with Crippen molar-refractivity contribution < 1.29 is 13.7 Å². The van der Waals surface area contributed by atoms with E-state index in [1.807, 2.05) is 0 Å². The predicted molar refractivity (Wildman–Crippen MR) is 53.8 cm³/mol. The molecule has 0 atom stereocenters. The molecule has 6 heteroatoms. The first-order chi connectivity index (χ1) is 7.49. The van der Waals surface area contributed by atoms with E-state index in [2.05, 4.69) is 0 Å². The summed E-state index contributed by atoms with van der Waals surface area (Å²) < 4.78 is 18.0. The maximum atomic E-state index is 13.2. The molecule has 1 heterocycles. The molecule has 0 aliphatic carbocycles. The predicted octanol–water partition coefficient (Wildman–Crippen LogP) is 2.15. The molecule has 0 aliphatic rings. The quantitative estimate of drug-likeness (QED) is 0.421. The Morgan fingerprint density at radius 2 is 2.06 bits per heavy atom. The van der Waals surface area contributed by atoms with Crippen LogP contribution >= 0.6 is 0 Å². The standard InChI is InChI=1S/C10H6FNO4/c1-5-2-10(13)16-9-4-7(11)8(12(14)15)3-6(5)9/h2-4H,1H3. The van der Waals surface area contributed by atoms with Crippen LogP contribution in [0.25, 0.3) is 11.0 Å². The lowest BCUT2D eigenvalue weighted by Crippen LogP contribution is -1.99.